The summed E-state index contributed by atoms with van der Waals surface area (Å²) in [7, 11) is 0. The summed E-state index contributed by atoms with van der Waals surface area (Å²) in [6, 6.07) is 20.2. The van der Waals surface area contributed by atoms with Gasteiger partial charge in [0, 0.05) is 0 Å². The Morgan fingerprint density at radius 2 is 1.27 bits per heavy atom. The van der Waals surface area contributed by atoms with Crippen molar-refractivity contribution in [1.82, 2.24) is 0 Å². The molecule has 0 bridgehead atoms. The van der Waals surface area contributed by atoms with E-state index in [1.165, 1.54) is 11.1 Å². The highest BCUT2D eigenvalue weighted by molar-refractivity contribution is 5.51. The molecule has 0 heteroatoms. The maximum Gasteiger partial charge on any atom is -0.0257 e. The lowest BCUT2D eigenvalue weighted by Crippen LogP contribution is -1.67. The minimum Gasteiger partial charge on any atom is -0.0985 e. The van der Waals surface area contributed by atoms with Crippen LogP contribution in [-0.2, 0) is 0 Å². The van der Waals surface area contributed by atoms with E-state index in [0.717, 1.165) is 5.57 Å². The number of allylic oxidation sites excluding steroid dienone is 5. The molecule has 0 aromatic heterocycles. The second kappa shape index (κ2) is 10.9. The highest BCUT2D eigenvalue weighted by Crippen LogP contribution is 2.01. The van der Waals surface area contributed by atoms with Gasteiger partial charge >= 0.3 is 0 Å². The van der Waals surface area contributed by atoms with E-state index in [1.54, 1.807) is 6.08 Å². The van der Waals surface area contributed by atoms with E-state index in [0.29, 0.717) is 0 Å². The van der Waals surface area contributed by atoms with Crippen LogP contribution in [0.3, 0.4) is 0 Å². The molecule has 0 radical (unpaired) electrons. The highest BCUT2D eigenvalue weighted by atomic mass is 13.9. The second-order valence-electron chi connectivity index (χ2n) is 4.52. The van der Waals surface area contributed by atoms with Gasteiger partial charge in [-0.05, 0) is 16.7 Å². The first-order valence-electron chi connectivity index (χ1n) is 7.15. The molecule has 0 atom stereocenters. The van der Waals surface area contributed by atoms with E-state index in [1.807, 2.05) is 78.9 Å². The standard InChI is InChI=1S/C14H14.C8H8/c1-3-13(2)9-7-8-12-14-10-5-4-6-11-14;1-2-8-6-4-3-5-7-8/h3-12H,1-2H2;2-7H,1H2. The van der Waals surface area contributed by atoms with E-state index in [-0.39, 0.29) is 0 Å². The molecule has 2 aromatic rings. The fraction of sp³-hybridized carbons (Fsp3) is 0. The van der Waals surface area contributed by atoms with Crippen molar-refractivity contribution in [3.63, 3.8) is 0 Å². The van der Waals surface area contributed by atoms with Crippen molar-refractivity contribution >= 4 is 12.2 Å². The zero-order valence-electron chi connectivity index (χ0n) is 12.9. The monoisotopic (exact) mass is 286 g/mol. The third-order valence-electron chi connectivity index (χ3n) is 2.81. The van der Waals surface area contributed by atoms with Gasteiger partial charge in [0.2, 0.25) is 0 Å². The van der Waals surface area contributed by atoms with Gasteiger partial charge in [-0.15, -0.1) is 0 Å². The van der Waals surface area contributed by atoms with Crippen LogP contribution in [0.2, 0.25) is 0 Å². The molecule has 0 fully saturated rings. The van der Waals surface area contributed by atoms with Crippen LogP contribution in [0.1, 0.15) is 11.1 Å². The molecule has 0 amide bonds. The van der Waals surface area contributed by atoms with Gasteiger partial charge in [0.25, 0.3) is 0 Å². The fourth-order valence-electron chi connectivity index (χ4n) is 1.57. The Morgan fingerprint density at radius 1 is 0.727 bits per heavy atom. The molecule has 22 heavy (non-hydrogen) atoms. The average Bonchev–Trinajstić information content (AvgIpc) is 2.60. The summed E-state index contributed by atoms with van der Waals surface area (Å²) < 4.78 is 0. The number of benzene rings is 2. The third-order valence-corrected chi connectivity index (χ3v) is 2.81. The van der Waals surface area contributed by atoms with Crippen molar-refractivity contribution in [3.05, 3.63) is 121 Å². The zero-order chi connectivity index (χ0) is 16.0. The van der Waals surface area contributed by atoms with Crippen molar-refractivity contribution in [3.8, 4) is 0 Å². The van der Waals surface area contributed by atoms with Crippen molar-refractivity contribution in [1.29, 1.82) is 0 Å². The number of hydrogen-bond donors (Lipinski definition) is 0. The molecule has 2 rings (SSSR count). The van der Waals surface area contributed by atoms with Crippen LogP contribution in [0.25, 0.3) is 12.2 Å². The normalized spacial score (nSPS) is 10.0. The maximum atomic E-state index is 3.78. The van der Waals surface area contributed by atoms with Gasteiger partial charge in [-0.25, -0.2) is 0 Å². The van der Waals surface area contributed by atoms with Crippen LogP contribution in [0, 0.1) is 0 Å². The lowest BCUT2D eigenvalue weighted by Gasteiger charge is -1.88. The van der Waals surface area contributed by atoms with Gasteiger partial charge in [0.15, 0.2) is 0 Å². The first-order chi connectivity index (χ1) is 10.8. The lowest BCUT2D eigenvalue weighted by atomic mass is 10.2. The smallest absolute Gasteiger partial charge is 0.0257 e. The summed E-state index contributed by atoms with van der Waals surface area (Å²) in [5.41, 5.74) is 3.29. The molecule has 0 aliphatic carbocycles. The van der Waals surface area contributed by atoms with Crippen LogP contribution in [0.15, 0.2) is 110 Å². The maximum absolute atomic E-state index is 3.78. The molecule has 0 aliphatic heterocycles. The molecule has 0 nitrogen and oxygen atoms in total. The van der Waals surface area contributed by atoms with Gasteiger partial charge in [0.05, 0.1) is 0 Å². The molecular formula is C22H22. The van der Waals surface area contributed by atoms with E-state index >= 15 is 0 Å². The summed E-state index contributed by atoms with van der Waals surface area (Å²) in [5.74, 6) is 0. The average molecular weight is 286 g/mol. The van der Waals surface area contributed by atoms with Gasteiger partial charge in [0.1, 0.15) is 0 Å². The largest absolute Gasteiger partial charge is 0.0985 e. The number of rotatable bonds is 5. The summed E-state index contributed by atoms with van der Waals surface area (Å²) >= 11 is 0. The molecule has 110 valence electrons. The predicted molar refractivity (Wildman–Crippen MR) is 100 cm³/mol. The third kappa shape index (κ3) is 7.66. The quantitative estimate of drug-likeness (QED) is 0.563. The van der Waals surface area contributed by atoms with Gasteiger partial charge in [-0.2, -0.15) is 0 Å². The molecule has 0 saturated heterocycles. The Hall–Kier alpha value is -2.86. The van der Waals surface area contributed by atoms with Crippen molar-refractivity contribution in [2.75, 3.05) is 0 Å². The minimum absolute atomic E-state index is 0.919. The first-order valence-corrected chi connectivity index (χ1v) is 7.15. The van der Waals surface area contributed by atoms with Gasteiger partial charge < -0.3 is 0 Å². The molecule has 2 aromatic carbocycles. The van der Waals surface area contributed by atoms with Gasteiger partial charge in [-0.1, -0.05) is 117 Å². The molecule has 0 spiro atoms. The Kier molecular flexibility index (Phi) is 8.50. The Labute approximate surface area is 134 Å². The molecule has 0 unspecified atom stereocenters. The lowest BCUT2D eigenvalue weighted by molar-refractivity contribution is 1.66. The van der Waals surface area contributed by atoms with Crippen LogP contribution >= 0.6 is 0 Å². The van der Waals surface area contributed by atoms with Gasteiger partial charge in [-0.3, -0.25) is 0 Å². The molecular weight excluding hydrogens is 264 g/mol. The highest BCUT2D eigenvalue weighted by Gasteiger charge is 1.80. The van der Waals surface area contributed by atoms with E-state index < -0.39 is 0 Å². The van der Waals surface area contributed by atoms with Crippen LogP contribution in [0.4, 0.5) is 0 Å². The van der Waals surface area contributed by atoms with E-state index in [9.17, 15) is 0 Å². The van der Waals surface area contributed by atoms with E-state index in [4.69, 9.17) is 0 Å². The molecule has 0 heterocycles. The van der Waals surface area contributed by atoms with Crippen molar-refractivity contribution in [2.45, 2.75) is 0 Å². The fourth-order valence-corrected chi connectivity index (χ4v) is 1.57. The Morgan fingerprint density at radius 3 is 1.73 bits per heavy atom. The van der Waals surface area contributed by atoms with Crippen molar-refractivity contribution in [2.24, 2.45) is 0 Å². The predicted octanol–water partition coefficient (Wildman–Crippen LogP) is 6.33. The first kappa shape index (κ1) is 17.2. The molecule has 0 aliphatic rings. The van der Waals surface area contributed by atoms with Crippen LogP contribution in [0.5, 0.6) is 0 Å². The summed E-state index contributed by atoms with van der Waals surface area (Å²) in [5, 5.41) is 0. The topological polar surface area (TPSA) is 0 Å². The van der Waals surface area contributed by atoms with Crippen LogP contribution in [-0.4, -0.2) is 0 Å². The molecule has 0 N–H and O–H groups in total. The molecule has 0 saturated carbocycles. The summed E-state index contributed by atoms with van der Waals surface area (Å²) in [4.78, 5) is 0. The number of hydrogen-bond acceptors (Lipinski definition) is 0. The Balaban J connectivity index is 0.000000255. The van der Waals surface area contributed by atoms with Crippen LogP contribution < -0.4 is 0 Å². The van der Waals surface area contributed by atoms with E-state index in [2.05, 4.69) is 31.9 Å². The summed E-state index contributed by atoms with van der Waals surface area (Å²) in [6.45, 7) is 11.0. The Bertz CT molecular complexity index is 628. The zero-order valence-corrected chi connectivity index (χ0v) is 12.9. The minimum atomic E-state index is 0.919. The second-order valence-corrected chi connectivity index (χ2v) is 4.52. The summed E-state index contributed by atoms with van der Waals surface area (Å²) in [6.07, 6.45) is 11.5. The van der Waals surface area contributed by atoms with Crippen molar-refractivity contribution < 1.29 is 0 Å². The SMILES string of the molecule is C=CC(=C)C=CC=Cc1ccccc1.C=Cc1ccccc1.